The number of nitrogens with one attached hydrogen (secondary N) is 2. The van der Waals surface area contributed by atoms with Crippen LogP contribution in [0.25, 0.3) is 0 Å². The van der Waals surface area contributed by atoms with E-state index < -0.39 is 0 Å². The average molecular weight is 439 g/mol. The molecule has 3 rings (SSSR count). The number of hydrogen-bond donors (Lipinski definition) is 2. The van der Waals surface area contributed by atoms with Crippen molar-refractivity contribution in [2.24, 2.45) is 10.9 Å². The van der Waals surface area contributed by atoms with Gasteiger partial charge in [-0.15, -0.1) is 11.3 Å². The summed E-state index contributed by atoms with van der Waals surface area (Å²) in [6, 6.07) is 4.87. The second kappa shape index (κ2) is 11.6. The van der Waals surface area contributed by atoms with Crippen molar-refractivity contribution >= 4 is 29.1 Å². The Kier molecular flexibility index (Phi) is 9.15. The highest BCUT2D eigenvalue weighted by molar-refractivity contribution is 8.00. The number of aliphatic imine (C=N–C) groups is 1. The molecule has 5 nitrogen and oxygen atoms in total. The predicted molar refractivity (Wildman–Crippen MR) is 127 cm³/mol. The minimum Gasteiger partial charge on any atom is -0.381 e. The molecule has 7 heteroatoms. The van der Waals surface area contributed by atoms with Gasteiger partial charge in [0.1, 0.15) is 0 Å². The lowest BCUT2D eigenvalue weighted by molar-refractivity contribution is 0.0794. The number of piperidine rings is 1. The predicted octanol–water partition coefficient (Wildman–Crippen LogP) is 3.99. The fourth-order valence-corrected chi connectivity index (χ4v) is 5.79. The van der Waals surface area contributed by atoms with Crippen LogP contribution in [0.4, 0.5) is 0 Å². The second-order valence-electron chi connectivity index (χ2n) is 8.33. The molecule has 1 atom stereocenters. The molecule has 2 aliphatic rings. The van der Waals surface area contributed by atoms with Gasteiger partial charge in [-0.1, -0.05) is 13.0 Å². The highest BCUT2D eigenvalue weighted by atomic mass is 32.2. The lowest BCUT2D eigenvalue weighted by Gasteiger charge is -2.37. The number of ether oxygens (including phenoxy) is 1. The molecule has 2 saturated heterocycles. The number of thiophene rings is 1. The molecule has 0 aliphatic carbocycles. The van der Waals surface area contributed by atoms with Crippen molar-refractivity contribution in [1.82, 2.24) is 15.5 Å². The van der Waals surface area contributed by atoms with E-state index in [1.54, 1.807) is 0 Å². The van der Waals surface area contributed by atoms with Crippen molar-refractivity contribution in [3.8, 4) is 0 Å². The number of likely N-dealkylation sites (tertiary alicyclic amines) is 1. The first-order valence-corrected chi connectivity index (χ1v) is 13.2. The highest BCUT2D eigenvalue weighted by Gasteiger charge is 2.32. The SMILES string of the molecule is CCNC(=NCC1(SC)CCOCC1)NCC(c1cccs1)N1CCC(C)CC1. The van der Waals surface area contributed by atoms with Crippen LogP contribution in [0.2, 0.25) is 0 Å². The molecule has 3 heterocycles. The number of guanidine groups is 1. The van der Waals surface area contributed by atoms with Gasteiger partial charge < -0.3 is 15.4 Å². The number of rotatable bonds is 8. The molecule has 2 aliphatic heterocycles. The number of hydrogen-bond acceptors (Lipinski definition) is 5. The Morgan fingerprint density at radius 3 is 2.72 bits per heavy atom. The molecule has 2 fully saturated rings. The Labute approximate surface area is 185 Å². The van der Waals surface area contributed by atoms with E-state index in [2.05, 4.69) is 53.1 Å². The Morgan fingerprint density at radius 2 is 2.10 bits per heavy atom. The Hall–Kier alpha value is -0.760. The third-order valence-corrected chi connectivity index (χ3v) is 8.68. The second-order valence-corrected chi connectivity index (χ2v) is 10.6. The van der Waals surface area contributed by atoms with Crippen LogP contribution in [0.1, 0.15) is 50.4 Å². The molecule has 2 N–H and O–H groups in total. The van der Waals surface area contributed by atoms with Crippen LogP contribution in [0.5, 0.6) is 0 Å². The summed E-state index contributed by atoms with van der Waals surface area (Å²) in [6.45, 7) is 11.2. The maximum absolute atomic E-state index is 5.58. The van der Waals surface area contributed by atoms with Crippen LogP contribution in [0.3, 0.4) is 0 Å². The van der Waals surface area contributed by atoms with Gasteiger partial charge in [-0.3, -0.25) is 9.89 Å². The normalized spacial score (nSPS) is 22.4. The van der Waals surface area contributed by atoms with E-state index >= 15 is 0 Å². The average Bonchev–Trinajstić information content (AvgIpc) is 3.28. The van der Waals surface area contributed by atoms with Gasteiger partial charge in [0, 0.05) is 35.9 Å². The molecule has 29 heavy (non-hydrogen) atoms. The van der Waals surface area contributed by atoms with E-state index in [0.29, 0.717) is 6.04 Å². The standard InChI is InChI=1S/C22H38N4OS2/c1-4-23-21(25-17-22(28-3)9-13-27-14-10-22)24-16-19(20-6-5-15-29-20)26-11-7-18(2)8-12-26/h5-6,15,18-19H,4,7-14,16-17H2,1-3H3,(H2,23,24,25). The molecule has 0 saturated carbocycles. The summed E-state index contributed by atoms with van der Waals surface area (Å²) < 4.78 is 5.80. The van der Waals surface area contributed by atoms with E-state index in [0.717, 1.165) is 57.6 Å². The smallest absolute Gasteiger partial charge is 0.191 e. The van der Waals surface area contributed by atoms with Gasteiger partial charge in [0.15, 0.2) is 5.96 Å². The van der Waals surface area contributed by atoms with Gasteiger partial charge in [0.25, 0.3) is 0 Å². The van der Waals surface area contributed by atoms with E-state index in [1.165, 1.54) is 30.8 Å². The highest BCUT2D eigenvalue weighted by Crippen LogP contribution is 2.34. The van der Waals surface area contributed by atoms with Crippen molar-refractivity contribution in [3.05, 3.63) is 22.4 Å². The van der Waals surface area contributed by atoms with Crippen molar-refractivity contribution in [2.45, 2.75) is 50.3 Å². The monoisotopic (exact) mass is 438 g/mol. The summed E-state index contributed by atoms with van der Waals surface area (Å²) in [6.07, 6.45) is 6.98. The Morgan fingerprint density at radius 1 is 1.34 bits per heavy atom. The lowest BCUT2D eigenvalue weighted by atomic mass is 9.97. The van der Waals surface area contributed by atoms with Crippen LogP contribution < -0.4 is 10.6 Å². The van der Waals surface area contributed by atoms with E-state index in [-0.39, 0.29) is 4.75 Å². The van der Waals surface area contributed by atoms with Gasteiger partial charge >= 0.3 is 0 Å². The fraction of sp³-hybridized carbons (Fsp3) is 0.773. The van der Waals surface area contributed by atoms with Gasteiger partial charge in [-0.2, -0.15) is 11.8 Å². The minimum absolute atomic E-state index is 0.219. The van der Waals surface area contributed by atoms with Crippen LogP contribution in [-0.4, -0.2) is 67.8 Å². The first-order valence-electron chi connectivity index (χ1n) is 11.1. The maximum Gasteiger partial charge on any atom is 0.191 e. The third kappa shape index (κ3) is 6.61. The largest absolute Gasteiger partial charge is 0.381 e. The fourth-order valence-electron chi connectivity index (χ4n) is 4.16. The summed E-state index contributed by atoms with van der Waals surface area (Å²) in [4.78, 5) is 9.10. The van der Waals surface area contributed by atoms with Crippen LogP contribution in [-0.2, 0) is 4.74 Å². The summed E-state index contributed by atoms with van der Waals surface area (Å²) in [5.74, 6) is 1.80. The molecule has 1 unspecified atom stereocenters. The lowest BCUT2D eigenvalue weighted by Crippen LogP contribution is -2.45. The molecular formula is C22H38N4OS2. The molecule has 0 bridgehead atoms. The maximum atomic E-state index is 5.58. The molecule has 1 aromatic rings. The van der Waals surface area contributed by atoms with Crippen molar-refractivity contribution in [3.63, 3.8) is 0 Å². The first kappa shape index (κ1) is 22.9. The van der Waals surface area contributed by atoms with Gasteiger partial charge in [0.05, 0.1) is 12.6 Å². The zero-order chi connectivity index (χ0) is 20.5. The first-order chi connectivity index (χ1) is 14.2. The van der Waals surface area contributed by atoms with Crippen LogP contribution in [0.15, 0.2) is 22.5 Å². The van der Waals surface area contributed by atoms with Gasteiger partial charge in [-0.25, -0.2) is 0 Å². The molecule has 0 spiro atoms. The van der Waals surface area contributed by atoms with E-state index in [4.69, 9.17) is 9.73 Å². The summed E-state index contributed by atoms with van der Waals surface area (Å²) in [5.41, 5.74) is 0. The van der Waals surface area contributed by atoms with Crippen molar-refractivity contribution < 1.29 is 4.74 Å². The topological polar surface area (TPSA) is 48.9 Å². The zero-order valence-corrected chi connectivity index (χ0v) is 19.9. The minimum atomic E-state index is 0.219. The molecule has 164 valence electrons. The summed E-state index contributed by atoms with van der Waals surface area (Å²) in [7, 11) is 0. The molecule has 0 amide bonds. The molecule has 1 aromatic heterocycles. The quantitative estimate of drug-likeness (QED) is 0.475. The Balaban J connectivity index is 1.64. The Bertz CT molecular complexity index is 608. The van der Waals surface area contributed by atoms with E-state index in [9.17, 15) is 0 Å². The summed E-state index contributed by atoms with van der Waals surface area (Å²) in [5, 5.41) is 9.32. The van der Waals surface area contributed by atoms with Gasteiger partial charge in [0.2, 0.25) is 0 Å². The number of nitrogens with zero attached hydrogens (tertiary/aromatic N) is 2. The third-order valence-electron chi connectivity index (χ3n) is 6.30. The van der Waals surface area contributed by atoms with Crippen molar-refractivity contribution in [1.29, 1.82) is 0 Å². The molecule has 0 radical (unpaired) electrons. The molecular weight excluding hydrogens is 400 g/mol. The van der Waals surface area contributed by atoms with Crippen LogP contribution in [0, 0.1) is 5.92 Å². The zero-order valence-electron chi connectivity index (χ0n) is 18.3. The van der Waals surface area contributed by atoms with Gasteiger partial charge in [-0.05, 0) is 69.3 Å². The van der Waals surface area contributed by atoms with Crippen LogP contribution >= 0.6 is 23.1 Å². The number of thioether (sulfide) groups is 1. The summed E-state index contributed by atoms with van der Waals surface area (Å²) >= 11 is 3.82. The molecule has 0 aromatic carbocycles. The van der Waals surface area contributed by atoms with Crippen molar-refractivity contribution in [2.75, 3.05) is 52.2 Å². The van der Waals surface area contributed by atoms with E-state index in [1.807, 2.05) is 23.1 Å².